The Morgan fingerprint density at radius 2 is 1.98 bits per heavy atom. The third-order valence-electron chi connectivity index (χ3n) is 9.06. The summed E-state index contributed by atoms with van der Waals surface area (Å²) in [5.74, 6) is -3.00. The van der Waals surface area contributed by atoms with Crippen molar-refractivity contribution in [2.75, 3.05) is 32.8 Å². The number of nitrogens with zero attached hydrogens (tertiary/aromatic N) is 2. The van der Waals surface area contributed by atoms with E-state index in [1.165, 1.54) is 0 Å². The summed E-state index contributed by atoms with van der Waals surface area (Å²) in [5.41, 5.74) is -0.428. The number of nitrogens with one attached hydrogen (secondary N) is 1. The predicted octanol–water partition coefficient (Wildman–Crippen LogP) is 3.69. The minimum atomic E-state index is -1.18. The van der Waals surface area contributed by atoms with Crippen molar-refractivity contribution in [1.82, 2.24) is 15.1 Å². The minimum Gasteiger partial charge on any atom is -0.463 e. The zero-order chi connectivity index (χ0) is 32.6. The molecule has 11 heteroatoms. The number of aliphatic hydroxyl groups excluding tert-OH is 1. The molecule has 10 nitrogen and oxygen atoms in total. The maximum Gasteiger partial charge on any atom is 0.306 e. The highest BCUT2D eigenvalue weighted by atomic mass is 79.9. The number of aliphatic hydroxyl groups is 1. The average molecular weight is 689 g/mol. The molecule has 1 aromatic carbocycles. The van der Waals surface area contributed by atoms with Gasteiger partial charge in [-0.05, 0) is 37.7 Å². The molecule has 1 spiro atoms. The second kappa shape index (κ2) is 16.0. The first kappa shape index (κ1) is 34.8. The van der Waals surface area contributed by atoms with Crippen molar-refractivity contribution in [1.29, 1.82) is 0 Å². The second-order valence-corrected chi connectivity index (χ2v) is 13.2. The Kier molecular flexibility index (Phi) is 12.4. The molecule has 1 unspecified atom stereocenters. The van der Waals surface area contributed by atoms with Crippen LogP contribution in [0.3, 0.4) is 0 Å². The molecule has 3 heterocycles. The number of likely N-dealkylation sites (tertiary alicyclic amines) is 1. The Morgan fingerprint density at radius 3 is 2.64 bits per heavy atom. The number of carbonyl (C=O) groups excluding carboxylic acids is 4. The summed E-state index contributed by atoms with van der Waals surface area (Å²) in [6.45, 7) is 10.6. The largest absolute Gasteiger partial charge is 0.463 e. The molecule has 3 saturated heterocycles. The monoisotopic (exact) mass is 687 g/mol. The molecule has 3 aliphatic heterocycles. The molecule has 0 aromatic heterocycles. The van der Waals surface area contributed by atoms with Gasteiger partial charge in [-0.2, -0.15) is 0 Å². The molecular weight excluding hydrogens is 642 g/mol. The number of unbranched alkanes of at least 4 members (excludes halogenated alkanes) is 2. The fraction of sp³-hybridized carbons (Fsp3) is 0.588. The summed E-state index contributed by atoms with van der Waals surface area (Å²) in [5, 5.41) is 12.5. The lowest BCUT2D eigenvalue weighted by Gasteiger charge is -2.37. The number of allylic oxidation sites excluding steroid dienone is 1. The first-order valence-electron chi connectivity index (χ1n) is 16.0. The van der Waals surface area contributed by atoms with Gasteiger partial charge < -0.3 is 29.7 Å². The van der Waals surface area contributed by atoms with Gasteiger partial charge in [0.1, 0.15) is 18.2 Å². The van der Waals surface area contributed by atoms with E-state index in [0.29, 0.717) is 38.8 Å². The number of rotatable bonds is 18. The lowest BCUT2D eigenvalue weighted by atomic mass is 9.70. The zero-order valence-corrected chi connectivity index (χ0v) is 27.7. The Labute approximate surface area is 274 Å². The standard InChI is InChI=1S/C34H46BrN3O7/c1-4-7-16-26(40)44-22-25(23-14-10-9-11-15-23)36-31(41)27-28-32(42)38(19-12-13-20-39)30(34(28)21-24(35)29(27)45-34)33(43)37(17-6-3)18-8-5-2/h4,6,9-11,14-15,24-25,27-30,39H,1,3,5,7-8,12-13,16-22H2,2H3,(H,36,41)/t24?,25-,27+,28-,29+,30+,34-/m1/s1. The van der Waals surface area contributed by atoms with Crippen molar-refractivity contribution in [3.05, 3.63) is 61.2 Å². The van der Waals surface area contributed by atoms with E-state index in [1.54, 1.807) is 22.0 Å². The van der Waals surface area contributed by atoms with Gasteiger partial charge in [0.05, 0.1) is 24.0 Å². The summed E-state index contributed by atoms with van der Waals surface area (Å²) < 4.78 is 12.2. The summed E-state index contributed by atoms with van der Waals surface area (Å²) in [7, 11) is 0. The van der Waals surface area contributed by atoms with Crippen LogP contribution in [0, 0.1) is 11.8 Å². The quantitative estimate of drug-likeness (QED) is 0.104. The molecule has 0 radical (unpaired) electrons. The summed E-state index contributed by atoms with van der Waals surface area (Å²) in [6, 6.07) is 7.68. The zero-order valence-electron chi connectivity index (χ0n) is 26.1. The number of benzene rings is 1. The average Bonchev–Trinajstić information content (AvgIpc) is 3.63. The molecule has 0 saturated carbocycles. The molecule has 7 atom stereocenters. The number of hydrogen-bond acceptors (Lipinski definition) is 7. The van der Waals surface area contributed by atoms with Crippen LogP contribution in [-0.2, 0) is 28.7 Å². The number of alkyl halides is 1. The maximum absolute atomic E-state index is 14.3. The summed E-state index contributed by atoms with van der Waals surface area (Å²) in [4.78, 5) is 58.2. The van der Waals surface area contributed by atoms with Crippen LogP contribution < -0.4 is 5.32 Å². The first-order valence-corrected chi connectivity index (χ1v) is 16.9. The highest BCUT2D eigenvalue weighted by molar-refractivity contribution is 9.09. The van der Waals surface area contributed by atoms with Crippen LogP contribution in [-0.4, -0.2) is 94.0 Å². The Bertz CT molecular complexity index is 1230. The van der Waals surface area contributed by atoms with Crippen molar-refractivity contribution in [3.8, 4) is 0 Å². The molecule has 2 N–H and O–H groups in total. The van der Waals surface area contributed by atoms with E-state index < -0.39 is 47.5 Å². The van der Waals surface area contributed by atoms with E-state index in [4.69, 9.17) is 9.47 Å². The number of esters is 1. The van der Waals surface area contributed by atoms with E-state index in [0.717, 1.165) is 18.4 Å². The number of halogens is 1. The van der Waals surface area contributed by atoms with E-state index in [1.807, 2.05) is 30.3 Å². The maximum atomic E-state index is 14.3. The summed E-state index contributed by atoms with van der Waals surface area (Å²) >= 11 is 3.72. The van der Waals surface area contributed by atoms with Crippen molar-refractivity contribution in [3.63, 3.8) is 0 Å². The van der Waals surface area contributed by atoms with Gasteiger partial charge >= 0.3 is 5.97 Å². The van der Waals surface area contributed by atoms with E-state index in [-0.39, 0.29) is 42.8 Å². The highest BCUT2D eigenvalue weighted by Crippen LogP contribution is 2.60. The highest BCUT2D eigenvalue weighted by Gasteiger charge is 2.76. The van der Waals surface area contributed by atoms with Crippen molar-refractivity contribution < 1.29 is 33.8 Å². The molecular formula is C34H46BrN3O7. The number of amides is 3. The number of carbonyl (C=O) groups is 4. The Morgan fingerprint density at radius 1 is 1.22 bits per heavy atom. The van der Waals surface area contributed by atoms with Gasteiger partial charge in [-0.1, -0.05) is 71.8 Å². The van der Waals surface area contributed by atoms with Crippen LogP contribution in [0.1, 0.15) is 63.5 Å². The molecule has 1 aromatic rings. The molecule has 0 aliphatic carbocycles. The van der Waals surface area contributed by atoms with Crippen LogP contribution in [0.5, 0.6) is 0 Å². The minimum absolute atomic E-state index is 0.0274. The van der Waals surface area contributed by atoms with Crippen LogP contribution in [0.15, 0.2) is 55.6 Å². The molecule has 2 bridgehead atoms. The van der Waals surface area contributed by atoms with Crippen LogP contribution >= 0.6 is 15.9 Å². The van der Waals surface area contributed by atoms with Crippen molar-refractivity contribution >= 4 is 39.6 Å². The van der Waals surface area contributed by atoms with Crippen molar-refractivity contribution in [2.45, 2.75) is 80.5 Å². The van der Waals surface area contributed by atoms with Gasteiger partial charge in [0.25, 0.3) is 0 Å². The first-order chi connectivity index (χ1) is 21.7. The smallest absolute Gasteiger partial charge is 0.306 e. The molecule has 4 rings (SSSR count). The van der Waals surface area contributed by atoms with Gasteiger partial charge in [0, 0.05) is 37.5 Å². The van der Waals surface area contributed by atoms with Gasteiger partial charge in [0.2, 0.25) is 17.7 Å². The van der Waals surface area contributed by atoms with E-state index in [2.05, 4.69) is 41.3 Å². The number of fused-ring (bicyclic) bond motifs is 1. The molecule has 45 heavy (non-hydrogen) atoms. The molecule has 3 fully saturated rings. The van der Waals surface area contributed by atoms with Gasteiger partial charge in [0.15, 0.2) is 0 Å². The second-order valence-electron chi connectivity index (χ2n) is 12.0. The van der Waals surface area contributed by atoms with Crippen LogP contribution in [0.2, 0.25) is 0 Å². The van der Waals surface area contributed by atoms with Gasteiger partial charge in [-0.15, -0.1) is 13.2 Å². The van der Waals surface area contributed by atoms with Gasteiger partial charge in [-0.25, -0.2) is 0 Å². The third kappa shape index (κ3) is 7.36. The normalized spacial score (nSPS) is 27.1. The summed E-state index contributed by atoms with van der Waals surface area (Å²) in [6.07, 6.45) is 6.47. The predicted molar refractivity (Wildman–Crippen MR) is 173 cm³/mol. The Balaban J connectivity index is 1.64. The lowest BCUT2D eigenvalue weighted by molar-refractivity contribution is -0.148. The van der Waals surface area contributed by atoms with E-state index in [9.17, 15) is 24.3 Å². The SMILES string of the molecule is C=CCCC(=O)OC[C@@H](NC(=O)[C@@H]1[C@H]2O[C@@]3(CC2Br)[C@H](C(=O)N(CC=C)CCCC)N(CCCCO)C(=O)[C@@H]13)c1ccccc1. The van der Waals surface area contributed by atoms with Crippen LogP contribution in [0.4, 0.5) is 0 Å². The van der Waals surface area contributed by atoms with Crippen LogP contribution in [0.25, 0.3) is 0 Å². The molecule has 3 aliphatic rings. The fourth-order valence-electron chi connectivity index (χ4n) is 6.96. The van der Waals surface area contributed by atoms with Crippen molar-refractivity contribution in [2.24, 2.45) is 11.8 Å². The van der Waals surface area contributed by atoms with Gasteiger partial charge in [-0.3, -0.25) is 19.2 Å². The molecule has 3 amide bonds. The molecule has 246 valence electrons. The fourth-order valence-corrected chi connectivity index (χ4v) is 7.90. The van der Waals surface area contributed by atoms with E-state index >= 15 is 0 Å². The topological polar surface area (TPSA) is 125 Å². The number of ether oxygens (including phenoxy) is 2. The third-order valence-corrected chi connectivity index (χ3v) is 9.90. The Hall–Kier alpha value is -3.02. The number of hydrogen-bond donors (Lipinski definition) is 2. The lowest BCUT2D eigenvalue weighted by Crippen LogP contribution is -2.57.